The molecule has 1 aliphatic rings. The average Bonchev–Trinajstić information content (AvgIpc) is 2.37. The molecule has 1 aromatic heterocycles. The number of aromatic nitrogens is 2. The van der Waals surface area contributed by atoms with Crippen molar-refractivity contribution >= 4 is 15.8 Å². The monoisotopic (exact) mass is 323 g/mol. The number of Topliss-reactive ketones (excluding diaryl/α,β-unsaturated/α-hetero) is 1. The summed E-state index contributed by atoms with van der Waals surface area (Å²) < 4.78 is 63.1. The molecule has 0 amide bonds. The molecule has 0 unspecified atom stereocenters. The molecule has 0 saturated carbocycles. The first-order valence-corrected chi connectivity index (χ1v) is 7.49. The van der Waals surface area contributed by atoms with Gasteiger partial charge in [-0.3, -0.25) is 4.79 Å². The summed E-state index contributed by atoms with van der Waals surface area (Å²) in [7, 11) is -3.99. The average molecular weight is 323 g/mol. The second-order valence-corrected chi connectivity index (χ2v) is 6.49. The highest BCUT2D eigenvalue weighted by atomic mass is 32.2. The van der Waals surface area contributed by atoms with Gasteiger partial charge in [-0.2, -0.15) is 17.5 Å². The standard InChI is InChI=1S/C11H12F3N3O3S/c1-7-9(6-15-10(16-7)11(12,13)14)21(19,20)17-4-2-8(18)3-5-17/h6H,2-5H2,1H3. The molecule has 0 atom stereocenters. The third kappa shape index (κ3) is 3.21. The van der Waals surface area contributed by atoms with Crippen LogP contribution in [0.15, 0.2) is 11.1 Å². The van der Waals surface area contributed by atoms with Crippen molar-refractivity contribution in [2.24, 2.45) is 0 Å². The summed E-state index contributed by atoms with van der Waals surface area (Å²) in [6.45, 7) is 1.21. The molecule has 2 heterocycles. The SMILES string of the molecule is Cc1nc(C(F)(F)F)ncc1S(=O)(=O)N1CCC(=O)CC1. The third-order valence-corrected chi connectivity index (χ3v) is 5.09. The van der Waals surface area contributed by atoms with Crippen molar-refractivity contribution in [3.63, 3.8) is 0 Å². The van der Waals surface area contributed by atoms with Crippen molar-refractivity contribution in [1.29, 1.82) is 0 Å². The largest absolute Gasteiger partial charge is 0.451 e. The number of hydrogen-bond acceptors (Lipinski definition) is 5. The molecule has 10 heteroatoms. The molecule has 21 heavy (non-hydrogen) atoms. The summed E-state index contributed by atoms with van der Waals surface area (Å²) in [6.07, 6.45) is -3.87. The Morgan fingerprint density at radius 2 is 1.81 bits per heavy atom. The Morgan fingerprint density at radius 1 is 1.24 bits per heavy atom. The minimum atomic E-state index is -4.73. The van der Waals surface area contributed by atoms with Crippen molar-refractivity contribution in [2.45, 2.75) is 30.8 Å². The first-order chi connectivity index (χ1) is 9.62. The molecule has 0 bridgehead atoms. The number of halogens is 3. The topological polar surface area (TPSA) is 80.2 Å². The van der Waals surface area contributed by atoms with Crippen molar-refractivity contribution in [3.05, 3.63) is 17.7 Å². The van der Waals surface area contributed by atoms with Gasteiger partial charge in [0, 0.05) is 25.9 Å². The zero-order chi connectivity index (χ0) is 15.8. The minimum absolute atomic E-state index is 0.0155. The summed E-state index contributed by atoms with van der Waals surface area (Å²) in [4.78, 5) is 17.0. The smallest absolute Gasteiger partial charge is 0.300 e. The van der Waals surface area contributed by atoms with Crippen LogP contribution in [0.2, 0.25) is 0 Å². The maximum Gasteiger partial charge on any atom is 0.451 e. The Hall–Kier alpha value is -1.55. The van der Waals surface area contributed by atoms with Gasteiger partial charge in [-0.05, 0) is 6.92 Å². The zero-order valence-electron chi connectivity index (χ0n) is 11.0. The number of carbonyl (C=O) groups excluding carboxylic acids is 1. The summed E-state index contributed by atoms with van der Waals surface area (Å²) in [6, 6.07) is 0. The van der Waals surface area contributed by atoms with Gasteiger partial charge in [0.05, 0.1) is 11.9 Å². The fraction of sp³-hybridized carbons (Fsp3) is 0.545. The van der Waals surface area contributed by atoms with E-state index in [-0.39, 0.29) is 42.3 Å². The van der Waals surface area contributed by atoms with E-state index in [1.807, 2.05) is 0 Å². The van der Waals surface area contributed by atoms with Crippen LogP contribution in [0, 0.1) is 6.92 Å². The van der Waals surface area contributed by atoms with Crippen molar-refractivity contribution in [3.8, 4) is 0 Å². The molecule has 1 aromatic rings. The van der Waals surface area contributed by atoms with Gasteiger partial charge in [-0.1, -0.05) is 0 Å². The molecule has 0 aliphatic carbocycles. The van der Waals surface area contributed by atoms with E-state index < -0.39 is 22.0 Å². The lowest BCUT2D eigenvalue weighted by atomic mass is 10.1. The van der Waals surface area contributed by atoms with Crippen LogP contribution in [0.25, 0.3) is 0 Å². The first kappa shape index (κ1) is 15.8. The van der Waals surface area contributed by atoms with Gasteiger partial charge in [0.15, 0.2) is 0 Å². The molecule has 0 radical (unpaired) electrons. The van der Waals surface area contributed by atoms with E-state index in [2.05, 4.69) is 9.97 Å². The lowest BCUT2D eigenvalue weighted by molar-refractivity contribution is -0.145. The van der Waals surface area contributed by atoms with Gasteiger partial charge >= 0.3 is 6.18 Å². The summed E-state index contributed by atoms with van der Waals surface area (Å²) in [5.41, 5.74) is -0.269. The van der Waals surface area contributed by atoms with Gasteiger partial charge in [0.25, 0.3) is 0 Å². The molecule has 1 saturated heterocycles. The van der Waals surface area contributed by atoms with Crippen molar-refractivity contribution < 1.29 is 26.4 Å². The van der Waals surface area contributed by atoms with Crippen LogP contribution in [-0.2, 0) is 21.0 Å². The number of ketones is 1. The van der Waals surface area contributed by atoms with Gasteiger partial charge in [-0.15, -0.1) is 0 Å². The predicted molar refractivity (Wildman–Crippen MR) is 64.8 cm³/mol. The summed E-state index contributed by atoms with van der Waals surface area (Å²) in [5.74, 6) is -1.42. The second-order valence-electron chi connectivity index (χ2n) is 4.58. The highest BCUT2D eigenvalue weighted by Crippen LogP contribution is 2.28. The number of carbonyl (C=O) groups is 1. The van der Waals surface area contributed by atoms with Crippen LogP contribution >= 0.6 is 0 Å². The van der Waals surface area contributed by atoms with E-state index in [1.165, 1.54) is 6.92 Å². The van der Waals surface area contributed by atoms with E-state index in [0.717, 1.165) is 4.31 Å². The number of piperidine rings is 1. The summed E-state index contributed by atoms with van der Waals surface area (Å²) >= 11 is 0. The van der Waals surface area contributed by atoms with Gasteiger partial charge in [0.2, 0.25) is 15.8 Å². The number of hydrogen-bond donors (Lipinski definition) is 0. The van der Waals surface area contributed by atoms with E-state index in [9.17, 15) is 26.4 Å². The van der Waals surface area contributed by atoms with Crippen LogP contribution in [0.5, 0.6) is 0 Å². The fourth-order valence-corrected chi connectivity index (χ4v) is 3.51. The molecule has 1 fully saturated rings. The van der Waals surface area contributed by atoms with E-state index >= 15 is 0 Å². The maximum atomic E-state index is 12.5. The van der Waals surface area contributed by atoms with Gasteiger partial charge < -0.3 is 0 Å². The predicted octanol–water partition coefficient (Wildman–Crippen LogP) is 1.16. The molecule has 6 nitrogen and oxygen atoms in total. The Morgan fingerprint density at radius 3 is 2.29 bits per heavy atom. The van der Waals surface area contributed by atoms with E-state index in [1.54, 1.807) is 0 Å². The Balaban J connectivity index is 2.35. The molecular formula is C11H12F3N3O3S. The van der Waals surface area contributed by atoms with Crippen LogP contribution < -0.4 is 0 Å². The van der Waals surface area contributed by atoms with E-state index in [0.29, 0.717) is 6.20 Å². The van der Waals surface area contributed by atoms with Gasteiger partial charge in [0.1, 0.15) is 10.7 Å². The minimum Gasteiger partial charge on any atom is -0.300 e. The van der Waals surface area contributed by atoms with E-state index in [4.69, 9.17) is 0 Å². The number of nitrogens with zero attached hydrogens (tertiary/aromatic N) is 3. The molecule has 0 aromatic carbocycles. The fourth-order valence-electron chi connectivity index (χ4n) is 1.96. The quantitative estimate of drug-likeness (QED) is 0.816. The molecule has 0 spiro atoms. The zero-order valence-corrected chi connectivity index (χ0v) is 11.8. The second kappa shape index (κ2) is 5.34. The number of aryl methyl sites for hydroxylation is 1. The lowest BCUT2D eigenvalue weighted by Gasteiger charge is -2.25. The number of rotatable bonds is 2. The molecule has 116 valence electrons. The molecule has 0 N–H and O–H groups in total. The third-order valence-electron chi connectivity index (χ3n) is 3.09. The molecule has 1 aliphatic heterocycles. The van der Waals surface area contributed by atoms with Crippen LogP contribution in [0.1, 0.15) is 24.4 Å². The lowest BCUT2D eigenvalue weighted by Crippen LogP contribution is -2.39. The Kier molecular flexibility index (Phi) is 4.02. The first-order valence-electron chi connectivity index (χ1n) is 6.05. The maximum absolute atomic E-state index is 12.5. The Bertz CT molecular complexity index is 663. The molecule has 2 rings (SSSR count). The summed E-state index contributed by atoms with van der Waals surface area (Å²) in [5, 5.41) is 0. The van der Waals surface area contributed by atoms with Crippen molar-refractivity contribution in [2.75, 3.05) is 13.1 Å². The highest BCUT2D eigenvalue weighted by Gasteiger charge is 2.37. The van der Waals surface area contributed by atoms with Gasteiger partial charge in [-0.25, -0.2) is 18.4 Å². The van der Waals surface area contributed by atoms with Crippen LogP contribution in [0.4, 0.5) is 13.2 Å². The van der Waals surface area contributed by atoms with Crippen LogP contribution in [0.3, 0.4) is 0 Å². The van der Waals surface area contributed by atoms with Crippen LogP contribution in [-0.4, -0.2) is 41.6 Å². The van der Waals surface area contributed by atoms with Crippen molar-refractivity contribution in [1.82, 2.24) is 14.3 Å². The highest BCUT2D eigenvalue weighted by molar-refractivity contribution is 7.89. The number of alkyl halides is 3. The molecular weight excluding hydrogens is 311 g/mol. The number of sulfonamides is 1. The Labute approximate surface area is 119 Å². The normalized spacial score (nSPS) is 18.0.